The molecule has 9 nitrogen and oxygen atoms in total. The van der Waals surface area contributed by atoms with E-state index in [1.54, 1.807) is 11.3 Å². The molecule has 0 bridgehead atoms. The molecule has 14 heteroatoms. The van der Waals surface area contributed by atoms with E-state index < -0.39 is 0 Å². The largest absolute Gasteiger partial charge is 0.379 e. The number of benzene rings is 2. The molecule has 2 saturated heterocycles. The maximum absolute atomic E-state index is 12.1. The molecule has 0 spiro atoms. The lowest BCUT2D eigenvalue weighted by molar-refractivity contribution is -0.122. The number of Topliss-reactive ketones (excluding diaryl/α,β-unsaturated/α-hetero) is 1. The molecule has 0 radical (unpaired) electrons. The Bertz CT molecular complexity index is 1570. The average molecular weight is 838 g/mol. The predicted molar refractivity (Wildman–Crippen MR) is 228 cm³/mol. The number of aromatic nitrogens is 1. The van der Waals surface area contributed by atoms with Crippen LogP contribution in [0.1, 0.15) is 74.6 Å². The standard InChI is InChI=1S/C21H28ClN3OS.C13H14Cl2O.C6H13N3OS/c22-18-6-4-17(5-7-18)21(8-1-2-9-21)19-16-27-20(24-19)23-10-3-11-25-12-14-26-15-13-25;14-9-12(16)13(7-1-2-8-13)10-3-5-11(15)6-4-10;7-6(11)8-5-9-1-3-10-4-2-9/h4-7,16H,1-3,8-15H2,(H,23,24);3-6H,1-2,7-9H2;1-5H2,(H3,7,8,11). The van der Waals surface area contributed by atoms with Gasteiger partial charge in [-0.2, -0.15) is 0 Å². The molecule has 0 atom stereocenters. The highest BCUT2D eigenvalue weighted by Gasteiger charge is 2.42. The average Bonchev–Trinajstić information content (AvgIpc) is 4.01. The lowest BCUT2D eigenvalue weighted by Crippen LogP contribution is -2.45. The lowest BCUT2D eigenvalue weighted by Gasteiger charge is -2.28. The Balaban J connectivity index is 0.000000175. The quantitative estimate of drug-likeness (QED) is 0.0950. The smallest absolute Gasteiger partial charge is 0.182 e. The number of rotatable bonds is 12. The number of morpholine rings is 2. The van der Waals surface area contributed by atoms with Gasteiger partial charge < -0.3 is 25.8 Å². The number of nitrogens with one attached hydrogen (secondary N) is 2. The monoisotopic (exact) mass is 836 g/mol. The fourth-order valence-electron chi connectivity index (χ4n) is 7.89. The maximum Gasteiger partial charge on any atom is 0.182 e. The minimum atomic E-state index is -0.341. The van der Waals surface area contributed by atoms with Crippen LogP contribution in [0.4, 0.5) is 5.13 Å². The number of anilines is 1. The predicted octanol–water partition coefficient (Wildman–Crippen LogP) is 7.86. The van der Waals surface area contributed by atoms with E-state index in [1.807, 2.05) is 36.4 Å². The molecule has 2 saturated carbocycles. The first-order valence-electron chi connectivity index (χ1n) is 19.2. The summed E-state index contributed by atoms with van der Waals surface area (Å²) in [6.45, 7) is 10.2. The van der Waals surface area contributed by atoms with E-state index in [2.05, 4.69) is 50.2 Å². The van der Waals surface area contributed by atoms with E-state index in [4.69, 9.17) is 55.0 Å². The van der Waals surface area contributed by atoms with Crippen LogP contribution >= 0.6 is 58.4 Å². The molecule has 2 aliphatic carbocycles. The summed E-state index contributed by atoms with van der Waals surface area (Å²) in [6.07, 6.45) is 10.1. The number of ether oxygens (including phenoxy) is 2. The molecule has 3 heterocycles. The van der Waals surface area contributed by atoms with Crippen molar-refractivity contribution < 1.29 is 14.3 Å². The van der Waals surface area contributed by atoms with Crippen LogP contribution in [0.2, 0.25) is 10.0 Å². The van der Waals surface area contributed by atoms with Gasteiger partial charge in [-0.15, -0.1) is 22.9 Å². The van der Waals surface area contributed by atoms with Crippen molar-refractivity contribution >= 4 is 74.4 Å². The summed E-state index contributed by atoms with van der Waals surface area (Å²) in [6, 6.07) is 16.0. The van der Waals surface area contributed by atoms with E-state index in [0.29, 0.717) is 10.1 Å². The Hall–Kier alpha value is -2.06. The Labute approximate surface area is 345 Å². The summed E-state index contributed by atoms with van der Waals surface area (Å²) < 4.78 is 10.6. The second-order valence-electron chi connectivity index (χ2n) is 14.4. The normalized spacial score (nSPS) is 19.5. The first-order valence-corrected chi connectivity index (χ1v) is 21.8. The zero-order valence-electron chi connectivity index (χ0n) is 31.1. The van der Waals surface area contributed by atoms with Crippen molar-refractivity contribution in [1.82, 2.24) is 20.1 Å². The van der Waals surface area contributed by atoms with Crippen LogP contribution in [0.3, 0.4) is 0 Å². The third kappa shape index (κ3) is 12.2. The number of carbonyl (C=O) groups is 1. The number of thiocarbonyl (C=S) groups is 1. The van der Waals surface area contributed by atoms with Gasteiger partial charge in [-0.25, -0.2) is 4.98 Å². The van der Waals surface area contributed by atoms with Crippen molar-refractivity contribution in [3.05, 3.63) is 80.8 Å². The van der Waals surface area contributed by atoms with Gasteiger partial charge in [0.15, 0.2) is 16.0 Å². The highest BCUT2D eigenvalue weighted by molar-refractivity contribution is 7.80. The van der Waals surface area contributed by atoms with Crippen LogP contribution in [-0.4, -0.2) is 104 Å². The zero-order chi connectivity index (χ0) is 38.2. The summed E-state index contributed by atoms with van der Waals surface area (Å²) >= 11 is 24.1. The number of hydrogen-bond acceptors (Lipinski definition) is 9. The van der Waals surface area contributed by atoms with Crippen molar-refractivity contribution in [2.24, 2.45) is 5.73 Å². The van der Waals surface area contributed by atoms with Crippen LogP contribution < -0.4 is 16.4 Å². The summed E-state index contributed by atoms with van der Waals surface area (Å²) in [7, 11) is 0. The van der Waals surface area contributed by atoms with Crippen LogP contribution in [0, 0.1) is 0 Å². The van der Waals surface area contributed by atoms with E-state index in [0.717, 1.165) is 120 Å². The molecule has 54 heavy (non-hydrogen) atoms. The van der Waals surface area contributed by atoms with Gasteiger partial charge in [-0.05, 0) is 86.3 Å². The molecule has 1 aromatic heterocycles. The molecule has 2 aliphatic heterocycles. The fraction of sp³-hybridized carbons (Fsp3) is 0.575. The number of halogens is 3. The van der Waals surface area contributed by atoms with Crippen LogP contribution in [0.25, 0.3) is 0 Å². The zero-order valence-corrected chi connectivity index (χ0v) is 35.0. The van der Waals surface area contributed by atoms with Crippen molar-refractivity contribution in [1.29, 1.82) is 0 Å². The number of carbonyl (C=O) groups excluding carboxylic acids is 1. The maximum atomic E-state index is 12.1. The van der Waals surface area contributed by atoms with Crippen LogP contribution in [0.15, 0.2) is 53.9 Å². The molecule has 7 rings (SSSR count). The van der Waals surface area contributed by atoms with E-state index in [-0.39, 0.29) is 22.5 Å². The molecule has 296 valence electrons. The van der Waals surface area contributed by atoms with Crippen molar-refractivity contribution in [3.63, 3.8) is 0 Å². The Morgan fingerprint density at radius 1 is 0.833 bits per heavy atom. The van der Waals surface area contributed by atoms with Gasteiger partial charge in [0.25, 0.3) is 0 Å². The third-order valence-electron chi connectivity index (χ3n) is 11.0. The highest BCUT2D eigenvalue weighted by atomic mass is 35.5. The Morgan fingerprint density at radius 3 is 1.93 bits per heavy atom. The van der Waals surface area contributed by atoms with E-state index in [1.165, 1.54) is 36.9 Å². The third-order valence-corrected chi connectivity index (χ3v) is 12.7. The lowest BCUT2D eigenvalue weighted by atomic mass is 9.76. The van der Waals surface area contributed by atoms with Gasteiger partial charge >= 0.3 is 0 Å². The van der Waals surface area contributed by atoms with Crippen molar-refractivity contribution in [2.45, 2.75) is 68.6 Å². The summed E-state index contributed by atoms with van der Waals surface area (Å²) in [5.74, 6) is 0.247. The second kappa shape index (κ2) is 22.0. The number of ketones is 1. The number of nitrogens with zero attached hydrogens (tertiary/aromatic N) is 3. The molecule has 0 amide bonds. The Morgan fingerprint density at radius 2 is 1.37 bits per heavy atom. The molecular formula is C40H55Cl3N6O3S2. The SMILES string of the molecule is Clc1ccc(C2(c3csc(NCCCN4CCOCC4)n3)CCCC2)cc1.NC(=S)NCN1CCOCC1.O=C(CCl)C1(c2ccc(Cl)cc2)CCCC1. The first-order chi connectivity index (χ1) is 26.2. The van der Waals surface area contributed by atoms with Crippen LogP contribution in [0.5, 0.6) is 0 Å². The van der Waals surface area contributed by atoms with Gasteiger partial charge in [0.1, 0.15) is 0 Å². The topological polar surface area (TPSA) is 105 Å². The number of thiazole rings is 1. The van der Waals surface area contributed by atoms with Crippen molar-refractivity contribution in [2.75, 3.05) is 83.6 Å². The van der Waals surface area contributed by atoms with Gasteiger partial charge in [0.05, 0.1) is 50.1 Å². The van der Waals surface area contributed by atoms with E-state index in [9.17, 15) is 4.79 Å². The first kappa shape index (κ1) is 43.1. The van der Waals surface area contributed by atoms with E-state index >= 15 is 0 Å². The molecule has 4 aliphatic rings. The fourth-order valence-corrected chi connectivity index (χ4v) is 9.30. The Kier molecular flexibility index (Phi) is 17.6. The van der Waals surface area contributed by atoms with Gasteiger partial charge in [-0.1, -0.05) is 73.2 Å². The number of nitrogens with two attached hydrogens (primary N) is 1. The second-order valence-corrected chi connectivity index (χ2v) is 16.8. The minimum absolute atomic E-state index is 0.0643. The molecule has 0 unspecified atom stereocenters. The van der Waals surface area contributed by atoms with Gasteiger partial charge in [0, 0.05) is 53.6 Å². The molecule has 4 fully saturated rings. The number of alkyl halides is 1. The molecule has 2 aromatic carbocycles. The summed E-state index contributed by atoms with van der Waals surface area (Å²) in [4.78, 5) is 21.7. The van der Waals surface area contributed by atoms with Crippen molar-refractivity contribution in [3.8, 4) is 0 Å². The molecule has 3 aromatic rings. The number of hydrogen-bond donors (Lipinski definition) is 3. The molecule has 4 N–H and O–H groups in total. The van der Waals surface area contributed by atoms with Gasteiger partial charge in [0.2, 0.25) is 0 Å². The van der Waals surface area contributed by atoms with Gasteiger partial charge in [-0.3, -0.25) is 14.6 Å². The highest BCUT2D eigenvalue weighted by Crippen LogP contribution is 2.47. The summed E-state index contributed by atoms with van der Waals surface area (Å²) in [5, 5.41) is 11.6. The minimum Gasteiger partial charge on any atom is -0.379 e. The molecular weight excluding hydrogens is 783 g/mol. The van der Waals surface area contributed by atoms with Crippen LogP contribution in [-0.2, 0) is 25.1 Å². The summed E-state index contributed by atoms with van der Waals surface area (Å²) in [5.41, 5.74) is 8.65.